The summed E-state index contributed by atoms with van der Waals surface area (Å²) in [7, 11) is 0. The van der Waals surface area contributed by atoms with Crippen LogP contribution in [0.15, 0.2) is 30.3 Å². The van der Waals surface area contributed by atoms with Crippen LogP contribution in [0, 0.1) is 0 Å². The summed E-state index contributed by atoms with van der Waals surface area (Å²) in [6.07, 6.45) is -11.8. The summed E-state index contributed by atoms with van der Waals surface area (Å²) in [4.78, 5) is 104. The molecule has 2 fully saturated rings. The molecular formula is C37H57FN10O13. The van der Waals surface area contributed by atoms with Crippen LogP contribution in [0.4, 0.5) is 4.39 Å². The van der Waals surface area contributed by atoms with Crippen molar-refractivity contribution in [1.82, 2.24) is 42.5 Å². The van der Waals surface area contributed by atoms with Crippen molar-refractivity contribution in [3.63, 3.8) is 0 Å². The number of aliphatic hydroxyl groups is 3. The summed E-state index contributed by atoms with van der Waals surface area (Å²) >= 11 is 0. The number of aliphatic carboxylic acids is 1. The van der Waals surface area contributed by atoms with Gasteiger partial charge >= 0.3 is 5.97 Å². The molecule has 0 radical (unpaired) electrons. The molecule has 0 bridgehead atoms. The zero-order valence-corrected chi connectivity index (χ0v) is 33.5. The van der Waals surface area contributed by atoms with E-state index in [0.29, 0.717) is 5.56 Å². The first-order valence-electron chi connectivity index (χ1n) is 19.8. The number of aliphatic hydroxyl groups excluding tert-OH is 3. The topological polar surface area (TPSA) is 375 Å². The van der Waals surface area contributed by atoms with Gasteiger partial charge in [0.05, 0.1) is 13.0 Å². The quantitative estimate of drug-likeness (QED) is 0.0482. The van der Waals surface area contributed by atoms with Gasteiger partial charge < -0.3 is 73.8 Å². The molecule has 7 unspecified atom stereocenters. The lowest BCUT2D eigenvalue weighted by Crippen LogP contribution is -2.63. The molecule has 0 saturated carbocycles. The van der Waals surface area contributed by atoms with E-state index in [1.54, 1.807) is 30.3 Å². The van der Waals surface area contributed by atoms with Crippen molar-refractivity contribution < 1.29 is 67.9 Å². The molecule has 0 aliphatic carbocycles. The number of nitrogens with one attached hydrogen (secondary N) is 8. The molecule has 2 aliphatic rings. The van der Waals surface area contributed by atoms with Gasteiger partial charge in [0.1, 0.15) is 54.9 Å². The third kappa shape index (κ3) is 16.5. The van der Waals surface area contributed by atoms with Crippen LogP contribution in [0.1, 0.15) is 51.0 Å². The van der Waals surface area contributed by atoms with Crippen LogP contribution in [0.2, 0.25) is 0 Å². The lowest BCUT2D eigenvalue weighted by Gasteiger charge is -2.40. The number of benzene rings is 1. The number of unbranched alkanes of at least 4 members (excludes halogenated alkanes) is 1. The van der Waals surface area contributed by atoms with Gasteiger partial charge in [0.15, 0.2) is 12.3 Å². The minimum atomic E-state index is -1.89. The minimum Gasteiger partial charge on any atom is -0.481 e. The average Bonchev–Trinajstić information content (AvgIpc) is 3.21. The van der Waals surface area contributed by atoms with E-state index < -0.39 is 134 Å². The Balaban J connectivity index is 1.81. The molecule has 2 heterocycles. The van der Waals surface area contributed by atoms with E-state index in [9.17, 15) is 63.2 Å². The van der Waals surface area contributed by atoms with E-state index in [-0.39, 0.29) is 51.6 Å². The van der Waals surface area contributed by atoms with Gasteiger partial charge in [0, 0.05) is 19.5 Å². The fourth-order valence-corrected chi connectivity index (χ4v) is 6.37. The van der Waals surface area contributed by atoms with E-state index in [2.05, 4.69) is 42.5 Å². The second-order valence-corrected chi connectivity index (χ2v) is 14.6. The van der Waals surface area contributed by atoms with Crippen LogP contribution in [0.5, 0.6) is 0 Å². The maximum atomic E-state index is 14.0. The highest BCUT2D eigenvalue weighted by atomic mass is 18.2. The number of nitrogens with two attached hydrogens (primary N) is 2. The largest absolute Gasteiger partial charge is 0.481 e. The molecule has 0 aromatic heterocycles. The van der Waals surface area contributed by atoms with Crippen molar-refractivity contribution in [2.75, 3.05) is 26.2 Å². The average molecular weight is 868 g/mol. The SMILES string of the molecule is CC([18F])C(=O)NC[C@H]1OC(C(=O)NCCCCC2NC(=O)C(Cc3ccccc3)NC(=O)C(CC(=O)O)NC(=O)CNC(=O)C(CCCNC(N)N)NC2=O)[C@@H](O)C(O)[C@@H]1O. The van der Waals surface area contributed by atoms with Crippen molar-refractivity contribution in [3.05, 3.63) is 35.9 Å². The number of carboxylic acid groups (broad SMARTS) is 1. The van der Waals surface area contributed by atoms with Crippen LogP contribution in [-0.2, 0) is 49.5 Å². The van der Waals surface area contributed by atoms with Gasteiger partial charge in [-0.25, -0.2) is 4.39 Å². The van der Waals surface area contributed by atoms with Crippen molar-refractivity contribution in [1.29, 1.82) is 0 Å². The first-order valence-corrected chi connectivity index (χ1v) is 19.8. The number of carbonyl (C=O) groups is 8. The Kier molecular flexibility index (Phi) is 20.3. The lowest BCUT2D eigenvalue weighted by molar-refractivity contribution is -0.219. The Morgan fingerprint density at radius 3 is 2.03 bits per heavy atom. The summed E-state index contributed by atoms with van der Waals surface area (Å²) < 4.78 is 18.8. The summed E-state index contributed by atoms with van der Waals surface area (Å²) in [6, 6.07) is 2.77. The van der Waals surface area contributed by atoms with Crippen LogP contribution < -0.4 is 54.0 Å². The molecule has 2 saturated heterocycles. The predicted molar refractivity (Wildman–Crippen MR) is 210 cm³/mol. The normalized spacial score (nSPS) is 27.2. The van der Waals surface area contributed by atoms with Crippen molar-refractivity contribution in [2.24, 2.45) is 11.5 Å². The highest BCUT2D eigenvalue weighted by Gasteiger charge is 2.46. The van der Waals surface area contributed by atoms with E-state index in [1.165, 1.54) is 0 Å². The van der Waals surface area contributed by atoms with E-state index in [4.69, 9.17) is 16.2 Å². The van der Waals surface area contributed by atoms with Crippen LogP contribution >= 0.6 is 0 Å². The smallest absolute Gasteiger partial charge is 0.305 e. The summed E-state index contributed by atoms with van der Waals surface area (Å²) in [5.41, 5.74) is 11.6. The van der Waals surface area contributed by atoms with E-state index >= 15 is 0 Å². The molecule has 10 atom stereocenters. The Morgan fingerprint density at radius 2 is 1.39 bits per heavy atom. The Labute approximate surface area is 350 Å². The van der Waals surface area contributed by atoms with Gasteiger partial charge in [-0.05, 0) is 51.1 Å². The highest BCUT2D eigenvalue weighted by molar-refractivity contribution is 5.98. The van der Waals surface area contributed by atoms with Gasteiger partial charge in [-0.15, -0.1) is 0 Å². The molecule has 1 aromatic rings. The molecule has 340 valence electrons. The lowest BCUT2D eigenvalue weighted by atomic mass is 9.94. The number of halogens is 1. The summed E-state index contributed by atoms with van der Waals surface area (Å²) in [5, 5.41) is 60.4. The Bertz CT molecular complexity index is 1680. The zero-order chi connectivity index (χ0) is 45.2. The van der Waals surface area contributed by atoms with E-state index in [0.717, 1.165) is 6.92 Å². The maximum Gasteiger partial charge on any atom is 0.305 e. The first kappa shape index (κ1) is 50.0. The number of carboxylic acids is 1. The van der Waals surface area contributed by atoms with Gasteiger partial charge in [0.25, 0.3) is 11.8 Å². The summed E-state index contributed by atoms with van der Waals surface area (Å²) in [5.74, 6) is -7.80. The van der Waals surface area contributed by atoms with Crippen LogP contribution in [0.25, 0.3) is 0 Å². The predicted octanol–water partition coefficient (Wildman–Crippen LogP) is -6.05. The van der Waals surface area contributed by atoms with Crippen LogP contribution in [-0.4, -0.2) is 161 Å². The monoisotopic (exact) mass is 867 g/mol. The molecule has 7 amide bonds. The number of alkyl halides is 1. The molecular weight excluding hydrogens is 810 g/mol. The van der Waals surface area contributed by atoms with Gasteiger partial charge in [-0.1, -0.05) is 30.3 Å². The fourth-order valence-electron chi connectivity index (χ4n) is 6.37. The molecule has 3 rings (SSSR count). The Hall–Kier alpha value is -5.37. The second kappa shape index (κ2) is 24.8. The molecule has 61 heavy (non-hydrogen) atoms. The number of ether oxygens (including phenoxy) is 1. The summed E-state index contributed by atoms with van der Waals surface area (Å²) in [6.45, 7) is -0.0557. The number of amides is 7. The van der Waals surface area contributed by atoms with Gasteiger partial charge in [-0.3, -0.25) is 43.7 Å². The molecule has 0 spiro atoms. The van der Waals surface area contributed by atoms with Gasteiger partial charge in [-0.2, -0.15) is 0 Å². The molecule has 23 nitrogen and oxygen atoms in total. The van der Waals surface area contributed by atoms with E-state index in [1.807, 2.05) is 0 Å². The van der Waals surface area contributed by atoms with Crippen molar-refractivity contribution in [3.8, 4) is 0 Å². The number of hydrogen-bond donors (Lipinski definition) is 14. The van der Waals surface area contributed by atoms with Gasteiger partial charge in [0.2, 0.25) is 29.5 Å². The second-order valence-electron chi connectivity index (χ2n) is 14.6. The molecule has 2 aliphatic heterocycles. The van der Waals surface area contributed by atoms with Crippen LogP contribution in [0.3, 0.4) is 0 Å². The fraction of sp³-hybridized carbons (Fsp3) is 0.622. The molecule has 16 N–H and O–H groups in total. The minimum absolute atomic E-state index is 0.00688. The molecule has 24 heteroatoms. The highest BCUT2D eigenvalue weighted by Crippen LogP contribution is 2.21. The standard InChI is InChI=1S/C37H57FN10O13/c1-18(38)31(55)43-16-24-27(52)28(53)29(54)30(61-24)36(60)41-12-6-5-10-21-33(57)46-20(11-7-13-42-37(39)40)32(56)44-17-25(49)45-23(15-26(50)51)35(59)48-22(34(58)47-21)14-19-8-3-2-4-9-19/h2-4,8-9,18,20-24,27-30,37,42,52-54H,5-7,10-17,39-40H2,1H3,(H,41,60)(H,43,55)(H,44,56)(H,45,49)(H,46,57)(H,47,58)(H,48,59)(H,50,51)/t18?,20?,21?,22?,23?,24-,27-,28?,29+,30?/m1/s1/i38-1. The Morgan fingerprint density at radius 1 is 0.787 bits per heavy atom. The third-order valence-electron chi connectivity index (χ3n) is 9.71. The molecule has 1 aromatic carbocycles. The zero-order valence-electron chi connectivity index (χ0n) is 33.5. The number of hydrogen-bond acceptors (Lipinski definition) is 15. The number of carbonyl (C=O) groups excluding carboxylic acids is 7. The maximum absolute atomic E-state index is 14.0. The first-order chi connectivity index (χ1) is 28.9. The third-order valence-corrected chi connectivity index (χ3v) is 9.71. The van der Waals surface area contributed by atoms with Crippen molar-refractivity contribution in [2.45, 2.75) is 119 Å². The number of rotatable bonds is 18. The van der Waals surface area contributed by atoms with Crippen molar-refractivity contribution >= 4 is 47.3 Å².